The first-order valence-corrected chi connectivity index (χ1v) is 8.71. The molecule has 1 atom stereocenters. The molecule has 0 spiro atoms. The second-order valence-electron chi connectivity index (χ2n) is 5.97. The molecule has 2 rings (SSSR count). The fraction of sp³-hybridized carbons (Fsp3) is 0.600. The van der Waals surface area contributed by atoms with Gasteiger partial charge in [-0.25, -0.2) is 13.1 Å². The Bertz CT molecular complexity index is 614. The lowest BCUT2D eigenvalue weighted by atomic mass is 10.1. The van der Waals surface area contributed by atoms with Gasteiger partial charge in [-0.3, -0.25) is 0 Å². The van der Waals surface area contributed by atoms with E-state index in [0.29, 0.717) is 23.6 Å². The predicted molar refractivity (Wildman–Crippen MR) is 82.6 cm³/mol. The quantitative estimate of drug-likeness (QED) is 0.852. The molecule has 1 saturated heterocycles. The number of benzene rings is 1. The van der Waals surface area contributed by atoms with Crippen molar-refractivity contribution in [1.29, 1.82) is 0 Å². The molecule has 1 fully saturated rings. The van der Waals surface area contributed by atoms with Gasteiger partial charge in [-0.15, -0.1) is 0 Å². The van der Waals surface area contributed by atoms with Crippen molar-refractivity contribution < 1.29 is 13.5 Å². The molecule has 1 aliphatic heterocycles. The highest BCUT2D eigenvalue weighted by atomic mass is 32.2. The predicted octanol–water partition coefficient (Wildman–Crippen LogP) is 1.03. The van der Waals surface area contributed by atoms with Crippen LogP contribution in [0.3, 0.4) is 0 Å². The van der Waals surface area contributed by atoms with Gasteiger partial charge in [-0.2, -0.15) is 0 Å². The Hall–Kier alpha value is -0.950. The van der Waals surface area contributed by atoms with Crippen molar-refractivity contribution in [3.05, 3.63) is 28.8 Å². The smallest absolute Gasteiger partial charge is 0.240 e. The third kappa shape index (κ3) is 3.83. The van der Waals surface area contributed by atoms with E-state index in [-0.39, 0.29) is 11.5 Å². The molecule has 5 nitrogen and oxygen atoms in total. The van der Waals surface area contributed by atoms with Crippen LogP contribution in [0.4, 0.5) is 0 Å². The summed E-state index contributed by atoms with van der Waals surface area (Å²) >= 11 is 0. The van der Waals surface area contributed by atoms with Crippen molar-refractivity contribution in [1.82, 2.24) is 9.62 Å². The lowest BCUT2D eigenvalue weighted by Gasteiger charge is -2.15. The maximum Gasteiger partial charge on any atom is 0.240 e. The van der Waals surface area contributed by atoms with Gasteiger partial charge in [0.25, 0.3) is 0 Å². The summed E-state index contributed by atoms with van der Waals surface area (Å²) in [6.07, 6.45) is 1.02. The summed E-state index contributed by atoms with van der Waals surface area (Å²) in [4.78, 5) is 2.48. The second kappa shape index (κ2) is 6.44. The van der Waals surface area contributed by atoms with E-state index in [1.165, 1.54) is 0 Å². The lowest BCUT2D eigenvalue weighted by molar-refractivity contribution is 0.280. The average molecular weight is 312 g/mol. The van der Waals surface area contributed by atoms with Gasteiger partial charge in [0, 0.05) is 13.1 Å². The number of nitrogens with one attached hydrogen (secondary N) is 1. The van der Waals surface area contributed by atoms with Gasteiger partial charge < -0.3 is 10.0 Å². The first-order chi connectivity index (χ1) is 9.83. The molecule has 1 aromatic rings. The Balaban J connectivity index is 2.15. The Morgan fingerprint density at radius 3 is 2.62 bits per heavy atom. The standard InChI is InChI=1S/C15H24N2O3S/c1-11-6-12(2)15(7-14(11)10-18)21(19,20)16-8-13-4-5-17(3)9-13/h6-7,13,16,18H,4-5,8-10H2,1-3H3. The zero-order chi connectivity index (χ0) is 15.6. The van der Waals surface area contributed by atoms with Gasteiger partial charge in [0.2, 0.25) is 10.0 Å². The molecular formula is C15H24N2O3S. The number of likely N-dealkylation sites (tertiary alicyclic amines) is 1. The van der Waals surface area contributed by atoms with Crippen LogP contribution in [0.25, 0.3) is 0 Å². The number of aliphatic hydroxyl groups is 1. The van der Waals surface area contributed by atoms with Crippen molar-refractivity contribution in [2.45, 2.75) is 31.8 Å². The van der Waals surface area contributed by atoms with Crippen LogP contribution in [0.1, 0.15) is 23.1 Å². The number of rotatable bonds is 5. The minimum absolute atomic E-state index is 0.151. The van der Waals surface area contributed by atoms with Crippen molar-refractivity contribution >= 4 is 10.0 Å². The SMILES string of the molecule is Cc1cc(C)c(S(=O)(=O)NCC2CCN(C)C2)cc1CO. The normalized spacial score (nSPS) is 20.1. The molecule has 21 heavy (non-hydrogen) atoms. The molecule has 0 amide bonds. The highest BCUT2D eigenvalue weighted by Gasteiger charge is 2.23. The van der Waals surface area contributed by atoms with Gasteiger partial charge in [0.05, 0.1) is 11.5 Å². The van der Waals surface area contributed by atoms with Gasteiger partial charge >= 0.3 is 0 Å². The fourth-order valence-electron chi connectivity index (χ4n) is 2.83. The summed E-state index contributed by atoms with van der Waals surface area (Å²) in [5.41, 5.74) is 2.27. The van der Waals surface area contributed by atoms with Crippen LogP contribution in [0.15, 0.2) is 17.0 Å². The lowest BCUT2D eigenvalue weighted by Crippen LogP contribution is -2.31. The molecule has 118 valence electrons. The Kier molecular flexibility index (Phi) is 5.03. The van der Waals surface area contributed by atoms with Crippen LogP contribution >= 0.6 is 0 Å². The Morgan fingerprint density at radius 2 is 2.05 bits per heavy atom. The topological polar surface area (TPSA) is 69.6 Å². The maximum absolute atomic E-state index is 12.5. The van der Waals surface area contributed by atoms with Gasteiger partial charge in [-0.05, 0) is 62.5 Å². The Morgan fingerprint density at radius 1 is 1.33 bits per heavy atom. The van der Waals surface area contributed by atoms with E-state index in [4.69, 9.17) is 0 Å². The molecule has 0 saturated carbocycles. The van der Waals surface area contributed by atoms with Crippen LogP contribution in [0, 0.1) is 19.8 Å². The van der Waals surface area contributed by atoms with E-state index >= 15 is 0 Å². The number of hydrogen-bond donors (Lipinski definition) is 2. The fourth-order valence-corrected chi connectivity index (χ4v) is 4.22. The van der Waals surface area contributed by atoms with Crippen molar-refractivity contribution in [3.8, 4) is 0 Å². The zero-order valence-electron chi connectivity index (χ0n) is 12.9. The van der Waals surface area contributed by atoms with E-state index in [0.717, 1.165) is 25.1 Å². The largest absolute Gasteiger partial charge is 0.392 e. The highest BCUT2D eigenvalue weighted by molar-refractivity contribution is 7.89. The van der Waals surface area contributed by atoms with Crippen molar-refractivity contribution in [2.75, 3.05) is 26.7 Å². The molecule has 6 heteroatoms. The van der Waals surface area contributed by atoms with E-state index < -0.39 is 10.0 Å². The molecule has 0 aliphatic carbocycles. The molecule has 0 bridgehead atoms. The van der Waals surface area contributed by atoms with Crippen LogP contribution < -0.4 is 4.72 Å². The summed E-state index contributed by atoms with van der Waals surface area (Å²) in [5.74, 6) is 0.368. The number of sulfonamides is 1. The summed E-state index contributed by atoms with van der Waals surface area (Å²) in [5, 5.41) is 9.31. The maximum atomic E-state index is 12.5. The van der Waals surface area contributed by atoms with Crippen molar-refractivity contribution in [3.63, 3.8) is 0 Å². The monoisotopic (exact) mass is 312 g/mol. The first-order valence-electron chi connectivity index (χ1n) is 7.22. The summed E-state index contributed by atoms with van der Waals surface area (Å²) < 4.78 is 27.6. The molecule has 0 radical (unpaired) electrons. The summed E-state index contributed by atoms with van der Waals surface area (Å²) in [6, 6.07) is 3.39. The number of aliphatic hydroxyl groups excluding tert-OH is 1. The molecule has 1 unspecified atom stereocenters. The van der Waals surface area contributed by atoms with Gasteiger partial charge in [-0.1, -0.05) is 6.07 Å². The van der Waals surface area contributed by atoms with E-state index in [9.17, 15) is 13.5 Å². The van der Waals surface area contributed by atoms with Crippen LogP contribution in [0.2, 0.25) is 0 Å². The van der Waals surface area contributed by atoms with Gasteiger partial charge in [0.15, 0.2) is 0 Å². The minimum Gasteiger partial charge on any atom is -0.392 e. The third-order valence-corrected chi connectivity index (χ3v) is 5.71. The molecular weight excluding hydrogens is 288 g/mol. The zero-order valence-corrected chi connectivity index (χ0v) is 13.7. The van der Waals surface area contributed by atoms with Gasteiger partial charge in [0.1, 0.15) is 0 Å². The van der Waals surface area contributed by atoms with Crippen LogP contribution in [-0.4, -0.2) is 45.1 Å². The van der Waals surface area contributed by atoms with Crippen molar-refractivity contribution in [2.24, 2.45) is 5.92 Å². The average Bonchev–Trinajstić information content (AvgIpc) is 2.82. The summed E-state index contributed by atoms with van der Waals surface area (Å²) in [7, 11) is -1.48. The van der Waals surface area contributed by atoms with E-state index in [1.807, 2.05) is 20.0 Å². The number of hydrogen-bond acceptors (Lipinski definition) is 4. The van der Waals surface area contributed by atoms with E-state index in [1.54, 1.807) is 13.0 Å². The third-order valence-electron chi connectivity index (χ3n) is 4.14. The summed E-state index contributed by atoms with van der Waals surface area (Å²) in [6.45, 7) is 5.92. The molecule has 2 N–H and O–H groups in total. The molecule has 1 heterocycles. The Labute approximate surface area is 127 Å². The van der Waals surface area contributed by atoms with Crippen LogP contribution in [0.5, 0.6) is 0 Å². The molecule has 0 aromatic heterocycles. The first kappa shape index (κ1) is 16.4. The van der Waals surface area contributed by atoms with E-state index in [2.05, 4.69) is 9.62 Å². The number of nitrogens with zero attached hydrogens (tertiary/aromatic N) is 1. The second-order valence-corrected chi connectivity index (χ2v) is 7.71. The molecule has 1 aliphatic rings. The highest BCUT2D eigenvalue weighted by Crippen LogP contribution is 2.21. The van der Waals surface area contributed by atoms with Crippen LogP contribution in [-0.2, 0) is 16.6 Å². The molecule has 1 aromatic carbocycles. The number of aryl methyl sites for hydroxylation is 2. The minimum atomic E-state index is -3.52.